The van der Waals surface area contributed by atoms with E-state index in [1.54, 1.807) is 0 Å². The molecule has 6 nitrogen and oxygen atoms in total. The van der Waals surface area contributed by atoms with Crippen molar-refractivity contribution in [1.82, 2.24) is 15.3 Å². The van der Waals surface area contributed by atoms with Gasteiger partial charge in [0.25, 0.3) is 0 Å². The Labute approximate surface area is 157 Å². The molecule has 1 N–H and O–H groups in total. The summed E-state index contributed by atoms with van der Waals surface area (Å²) >= 11 is 1.52. The first kappa shape index (κ1) is 18.5. The van der Waals surface area contributed by atoms with E-state index >= 15 is 0 Å². The molecule has 138 valence electrons. The molecule has 1 aromatic carbocycles. The van der Waals surface area contributed by atoms with Gasteiger partial charge in [0.05, 0.1) is 6.54 Å². The third-order valence-corrected chi connectivity index (χ3v) is 4.83. The van der Waals surface area contributed by atoms with Gasteiger partial charge < -0.3 is 14.8 Å². The highest BCUT2D eigenvalue weighted by atomic mass is 32.2. The maximum absolute atomic E-state index is 12.2. The van der Waals surface area contributed by atoms with Gasteiger partial charge in [-0.2, -0.15) is 0 Å². The third kappa shape index (κ3) is 4.46. The van der Waals surface area contributed by atoms with Crippen LogP contribution in [0.3, 0.4) is 0 Å². The number of ether oxygens (including phenoxy) is 2. The quantitative estimate of drug-likeness (QED) is 0.620. The van der Waals surface area contributed by atoms with Crippen LogP contribution < -0.4 is 14.8 Å². The minimum Gasteiger partial charge on any atom is -0.486 e. The summed E-state index contributed by atoms with van der Waals surface area (Å²) in [7, 11) is 0. The molecule has 0 saturated carbocycles. The number of aryl methyl sites for hydroxylation is 2. The zero-order valence-electron chi connectivity index (χ0n) is 15.2. The van der Waals surface area contributed by atoms with Crippen molar-refractivity contribution in [2.75, 3.05) is 19.4 Å². The van der Waals surface area contributed by atoms with E-state index < -0.39 is 0 Å². The van der Waals surface area contributed by atoms with Crippen LogP contribution in [0.15, 0.2) is 29.4 Å². The van der Waals surface area contributed by atoms with Gasteiger partial charge >= 0.3 is 0 Å². The second-order valence-corrected chi connectivity index (χ2v) is 6.93. The molecule has 0 fully saturated rings. The number of amides is 1. The number of carbonyl (C=O) groups is 1. The number of nitrogens with one attached hydrogen (secondary N) is 1. The van der Waals surface area contributed by atoms with Crippen molar-refractivity contribution in [3.63, 3.8) is 0 Å². The lowest BCUT2D eigenvalue weighted by Crippen LogP contribution is -2.40. The Kier molecular flexibility index (Phi) is 5.98. The van der Waals surface area contributed by atoms with E-state index in [0.717, 1.165) is 33.6 Å². The van der Waals surface area contributed by atoms with Crippen LogP contribution >= 0.6 is 11.8 Å². The number of carbonyl (C=O) groups excluding carboxylic acids is 1. The van der Waals surface area contributed by atoms with Crippen LogP contribution in [0, 0.1) is 13.8 Å². The number of nitrogens with zero attached hydrogens (tertiary/aromatic N) is 2. The molecule has 0 spiro atoms. The molecule has 2 heterocycles. The molecule has 1 unspecified atom stereocenters. The van der Waals surface area contributed by atoms with Gasteiger partial charge in [0.1, 0.15) is 12.7 Å². The fraction of sp³-hybridized carbons (Fsp3) is 0.421. The standard InChI is InChI=1S/C19H23N3O3S/c1-12-15(13(2)22-19(21-12)26-3)8-9-18(23)20-10-14-11-24-16-6-4-5-7-17(16)25-14/h4-7,14H,8-11H2,1-3H3,(H,20,23). The maximum atomic E-state index is 12.2. The highest BCUT2D eigenvalue weighted by Gasteiger charge is 2.21. The molecule has 7 heteroatoms. The molecule has 0 aliphatic carbocycles. The first-order valence-electron chi connectivity index (χ1n) is 8.60. The molecule has 26 heavy (non-hydrogen) atoms. The third-order valence-electron chi connectivity index (χ3n) is 4.28. The smallest absolute Gasteiger partial charge is 0.220 e. The second kappa shape index (κ2) is 8.40. The SMILES string of the molecule is CSc1nc(C)c(CCC(=O)NCC2COc3ccccc3O2)c(C)n1. The van der Waals surface area contributed by atoms with Crippen molar-refractivity contribution in [2.45, 2.75) is 37.9 Å². The summed E-state index contributed by atoms with van der Waals surface area (Å²) in [5.74, 6) is 1.45. The summed E-state index contributed by atoms with van der Waals surface area (Å²) in [5, 5.41) is 3.69. The van der Waals surface area contributed by atoms with Crippen molar-refractivity contribution < 1.29 is 14.3 Å². The molecule has 2 aromatic rings. The molecule has 0 radical (unpaired) electrons. The summed E-state index contributed by atoms with van der Waals surface area (Å²) in [5.41, 5.74) is 2.93. The molecule has 1 aromatic heterocycles. The second-order valence-electron chi connectivity index (χ2n) is 6.16. The van der Waals surface area contributed by atoms with Crippen LogP contribution in [0.2, 0.25) is 0 Å². The fourth-order valence-electron chi connectivity index (χ4n) is 2.88. The van der Waals surface area contributed by atoms with Gasteiger partial charge in [-0.1, -0.05) is 23.9 Å². The lowest BCUT2D eigenvalue weighted by Gasteiger charge is -2.26. The lowest BCUT2D eigenvalue weighted by molar-refractivity contribution is -0.121. The van der Waals surface area contributed by atoms with Gasteiger partial charge in [-0.05, 0) is 44.2 Å². The Morgan fingerprint density at radius 3 is 2.62 bits per heavy atom. The zero-order valence-corrected chi connectivity index (χ0v) is 16.1. The molecule has 1 amide bonds. The lowest BCUT2D eigenvalue weighted by atomic mass is 10.1. The Balaban J connectivity index is 1.48. The van der Waals surface area contributed by atoms with Crippen LogP contribution in [-0.4, -0.2) is 41.4 Å². The van der Waals surface area contributed by atoms with E-state index in [-0.39, 0.29) is 12.0 Å². The maximum Gasteiger partial charge on any atom is 0.220 e. The summed E-state index contributed by atoms with van der Waals surface area (Å²) in [6.07, 6.45) is 2.80. The molecule has 0 bridgehead atoms. The molecule has 1 atom stereocenters. The average Bonchev–Trinajstić information content (AvgIpc) is 2.65. The normalized spacial score (nSPS) is 15.6. The number of rotatable bonds is 6. The van der Waals surface area contributed by atoms with Gasteiger partial charge in [0.2, 0.25) is 5.91 Å². The summed E-state index contributed by atoms with van der Waals surface area (Å²) in [4.78, 5) is 21.1. The zero-order chi connectivity index (χ0) is 18.5. The Morgan fingerprint density at radius 2 is 1.92 bits per heavy atom. The molecule has 0 saturated heterocycles. The van der Waals surface area contributed by atoms with Crippen LogP contribution in [0.5, 0.6) is 11.5 Å². The predicted octanol–water partition coefficient (Wildman–Crippen LogP) is 2.70. The minimum absolute atomic E-state index is 0.0137. The number of fused-ring (bicyclic) bond motifs is 1. The van der Waals surface area contributed by atoms with E-state index in [1.807, 2.05) is 44.4 Å². The van der Waals surface area contributed by atoms with E-state index in [4.69, 9.17) is 9.47 Å². The fourth-order valence-corrected chi connectivity index (χ4v) is 3.34. The topological polar surface area (TPSA) is 73.3 Å². The van der Waals surface area contributed by atoms with E-state index in [0.29, 0.717) is 26.0 Å². The van der Waals surface area contributed by atoms with E-state index in [1.165, 1.54) is 11.8 Å². The van der Waals surface area contributed by atoms with E-state index in [9.17, 15) is 4.79 Å². The Bertz CT molecular complexity index is 774. The van der Waals surface area contributed by atoms with Crippen molar-refractivity contribution in [2.24, 2.45) is 0 Å². The van der Waals surface area contributed by atoms with Crippen molar-refractivity contribution in [3.05, 3.63) is 41.2 Å². The molecular formula is C19H23N3O3S. The molecular weight excluding hydrogens is 350 g/mol. The van der Waals surface area contributed by atoms with Gasteiger partial charge in [-0.25, -0.2) is 9.97 Å². The number of hydrogen-bond acceptors (Lipinski definition) is 6. The average molecular weight is 373 g/mol. The van der Waals surface area contributed by atoms with Crippen molar-refractivity contribution in [1.29, 1.82) is 0 Å². The van der Waals surface area contributed by atoms with Crippen LogP contribution in [-0.2, 0) is 11.2 Å². The minimum atomic E-state index is -0.179. The van der Waals surface area contributed by atoms with Gasteiger partial charge in [0.15, 0.2) is 16.7 Å². The number of benzene rings is 1. The number of para-hydroxylation sites is 2. The summed E-state index contributed by atoms with van der Waals surface area (Å²) in [6, 6.07) is 7.55. The van der Waals surface area contributed by atoms with Crippen LogP contribution in [0.25, 0.3) is 0 Å². The van der Waals surface area contributed by atoms with Crippen molar-refractivity contribution >= 4 is 17.7 Å². The summed E-state index contributed by atoms with van der Waals surface area (Å²) in [6.45, 7) is 4.78. The first-order valence-corrected chi connectivity index (χ1v) is 9.82. The van der Waals surface area contributed by atoms with Crippen LogP contribution in [0.4, 0.5) is 0 Å². The number of aromatic nitrogens is 2. The van der Waals surface area contributed by atoms with E-state index in [2.05, 4.69) is 15.3 Å². The number of thioether (sulfide) groups is 1. The van der Waals surface area contributed by atoms with Gasteiger partial charge in [-0.3, -0.25) is 4.79 Å². The largest absolute Gasteiger partial charge is 0.486 e. The number of hydrogen-bond donors (Lipinski definition) is 1. The predicted molar refractivity (Wildman–Crippen MR) is 101 cm³/mol. The van der Waals surface area contributed by atoms with Gasteiger partial charge in [-0.15, -0.1) is 0 Å². The first-order chi connectivity index (χ1) is 12.6. The molecule has 1 aliphatic rings. The Hall–Kier alpha value is -2.28. The van der Waals surface area contributed by atoms with Crippen LogP contribution in [0.1, 0.15) is 23.4 Å². The highest BCUT2D eigenvalue weighted by Crippen LogP contribution is 2.30. The van der Waals surface area contributed by atoms with Gasteiger partial charge in [0, 0.05) is 17.8 Å². The van der Waals surface area contributed by atoms with Crippen molar-refractivity contribution in [3.8, 4) is 11.5 Å². The monoisotopic (exact) mass is 373 g/mol. The Morgan fingerprint density at radius 1 is 1.23 bits per heavy atom. The molecule has 1 aliphatic heterocycles. The summed E-state index contributed by atoms with van der Waals surface area (Å²) < 4.78 is 11.5. The molecule has 3 rings (SSSR count). The highest BCUT2D eigenvalue weighted by molar-refractivity contribution is 7.98.